The molecule has 0 bridgehead atoms. The first kappa shape index (κ1) is 27.5. The van der Waals surface area contributed by atoms with Gasteiger partial charge in [-0.15, -0.1) is 0 Å². The minimum atomic E-state index is -4.31. The Kier molecular flexibility index (Phi) is 14.6. The van der Waals surface area contributed by atoms with Crippen LogP contribution in [0.25, 0.3) is 0 Å². The third kappa shape index (κ3) is 14.1. The summed E-state index contributed by atoms with van der Waals surface area (Å²) < 4.78 is 37.1. The van der Waals surface area contributed by atoms with Crippen LogP contribution in [0.1, 0.15) is 47.0 Å². The molecule has 0 atom stereocenters. The van der Waals surface area contributed by atoms with Crippen LogP contribution in [-0.4, -0.2) is 30.0 Å². The average Bonchev–Trinajstić information content (AvgIpc) is 2.58. The van der Waals surface area contributed by atoms with Crippen molar-refractivity contribution in [2.75, 3.05) is 19.6 Å². The second kappa shape index (κ2) is 14.4. The fourth-order valence-corrected chi connectivity index (χ4v) is 2.99. The normalized spacial score (nSPS) is 16.4. The number of nitriles is 2. The zero-order chi connectivity index (χ0) is 21.5. The van der Waals surface area contributed by atoms with Crippen molar-refractivity contribution in [3.8, 4) is 12.1 Å². The van der Waals surface area contributed by atoms with Crippen LogP contribution in [0, 0.1) is 28.1 Å². The minimum absolute atomic E-state index is 0.0564. The van der Waals surface area contributed by atoms with Gasteiger partial charge < -0.3 is 0 Å². The maximum absolute atomic E-state index is 12.4. The lowest BCUT2D eigenvalue weighted by atomic mass is 9.78. The molecule has 0 amide bonds. The largest absolute Gasteiger partial charge is 0.446 e. The molecule has 0 aromatic heterocycles. The average molecular weight is 402 g/mol. The summed E-state index contributed by atoms with van der Waals surface area (Å²) in [5.41, 5.74) is -3.62. The van der Waals surface area contributed by atoms with Gasteiger partial charge in [0.05, 0.1) is 12.1 Å². The van der Waals surface area contributed by atoms with Crippen LogP contribution in [0.5, 0.6) is 0 Å². The fraction of sp³-hybridized carbons (Fsp3) is 0.600. The molecule has 0 unspecified atom stereocenters. The fourth-order valence-electron chi connectivity index (χ4n) is 2.42. The Morgan fingerprint density at radius 1 is 1.26 bits per heavy atom. The summed E-state index contributed by atoms with van der Waals surface area (Å²) in [6.07, 6.45) is 5.02. The van der Waals surface area contributed by atoms with Crippen LogP contribution < -0.4 is 0 Å². The van der Waals surface area contributed by atoms with E-state index in [0.717, 1.165) is 25.9 Å². The Bertz CT molecular complexity index is 560. The number of hydrogen-bond donors (Lipinski definition) is 0. The van der Waals surface area contributed by atoms with Crippen molar-refractivity contribution >= 4 is 11.8 Å². The molecule has 1 heterocycles. The molecule has 1 fully saturated rings. The lowest BCUT2D eigenvalue weighted by Gasteiger charge is -2.38. The monoisotopic (exact) mass is 401 g/mol. The first-order chi connectivity index (χ1) is 12.6. The van der Waals surface area contributed by atoms with Gasteiger partial charge >= 0.3 is 5.51 Å². The molecule has 0 aromatic rings. The highest BCUT2D eigenvalue weighted by Crippen LogP contribution is 2.37. The Morgan fingerprint density at radius 2 is 1.74 bits per heavy atom. The predicted molar refractivity (Wildman–Crippen MR) is 108 cm³/mol. The van der Waals surface area contributed by atoms with Crippen molar-refractivity contribution in [1.29, 1.82) is 10.5 Å². The molecular weight excluding hydrogens is 371 g/mol. The van der Waals surface area contributed by atoms with Crippen molar-refractivity contribution < 1.29 is 13.2 Å². The topological polar surface area (TPSA) is 50.8 Å². The van der Waals surface area contributed by atoms with E-state index in [-0.39, 0.29) is 22.1 Å². The number of piperidine rings is 1. The second-order valence-corrected chi connectivity index (χ2v) is 7.24. The molecule has 1 aliphatic heterocycles. The Balaban J connectivity index is 0. The molecule has 7 heteroatoms. The molecule has 0 spiro atoms. The Morgan fingerprint density at radius 3 is 2.11 bits per heavy atom. The number of likely N-dealkylation sites (tertiary alicyclic amines) is 1. The zero-order valence-corrected chi connectivity index (χ0v) is 17.5. The molecule has 0 aromatic carbocycles. The number of halogens is 3. The van der Waals surface area contributed by atoms with Crippen molar-refractivity contribution in [2.24, 2.45) is 5.41 Å². The van der Waals surface area contributed by atoms with E-state index in [1.54, 1.807) is 6.07 Å². The van der Waals surface area contributed by atoms with Gasteiger partial charge in [-0.25, -0.2) is 0 Å². The van der Waals surface area contributed by atoms with Crippen molar-refractivity contribution in [3.63, 3.8) is 0 Å². The summed E-state index contributed by atoms with van der Waals surface area (Å²) in [6.45, 7) is 17.0. The number of hydrogen-bond acceptors (Lipinski definition) is 4. The van der Waals surface area contributed by atoms with E-state index in [1.165, 1.54) is 19.1 Å². The van der Waals surface area contributed by atoms with E-state index in [0.29, 0.717) is 18.5 Å². The predicted octanol–water partition coefficient (Wildman–Crippen LogP) is 6.44. The van der Waals surface area contributed by atoms with Crippen LogP contribution in [0.15, 0.2) is 35.8 Å². The molecule has 3 nitrogen and oxygen atoms in total. The van der Waals surface area contributed by atoms with Crippen molar-refractivity contribution in [3.05, 3.63) is 35.8 Å². The van der Waals surface area contributed by atoms with E-state index >= 15 is 0 Å². The van der Waals surface area contributed by atoms with E-state index < -0.39 is 5.51 Å². The highest BCUT2D eigenvalue weighted by atomic mass is 32.2. The van der Waals surface area contributed by atoms with Gasteiger partial charge in [0.1, 0.15) is 0 Å². The number of thioether (sulfide) groups is 1. The van der Waals surface area contributed by atoms with Crippen LogP contribution in [0.2, 0.25) is 0 Å². The molecule has 1 rings (SSSR count). The summed E-state index contributed by atoms with van der Waals surface area (Å²) >= 11 is -0.174. The number of rotatable bonds is 6. The molecule has 0 N–H and O–H groups in total. The Hall–Kier alpha value is -1.70. The van der Waals surface area contributed by atoms with Gasteiger partial charge in [0.15, 0.2) is 0 Å². The summed E-state index contributed by atoms with van der Waals surface area (Å²) in [5, 5.41) is 16.1. The lowest BCUT2D eigenvalue weighted by molar-refractivity contribution is -0.0321. The van der Waals surface area contributed by atoms with Gasteiger partial charge in [0, 0.05) is 24.8 Å². The Labute approximate surface area is 166 Å². The van der Waals surface area contributed by atoms with Gasteiger partial charge in [0.2, 0.25) is 0 Å². The SMILES string of the molecule is C=C/C(=C\C(=C)CN1CCC(C)(CC#N)CC1)SC(F)(F)F.CC.CC#N. The lowest BCUT2D eigenvalue weighted by Crippen LogP contribution is -2.39. The van der Waals surface area contributed by atoms with Gasteiger partial charge in [-0.3, -0.25) is 4.90 Å². The molecule has 0 saturated carbocycles. The summed E-state index contributed by atoms with van der Waals surface area (Å²) in [7, 11) is 0. The van der Waals surface area contributed by atoms with Crippen molar-refractivity contribution in [1.82, 2.24) is 4.90 Å². The highest BCUT2D eigenvalue weighted by Gasteiger charge is 2.31. The molecule has 1 aliphatic rings. The molecule has 0 radical (unpaired) electrons. The summed E-state index contributed by atoms with van der Waals surface area (Å²) in [5.74, 6) is 0. The third-order valence-electron chi connectivity index (χ3n) is 3.78. The van der Waals surface area contributed by atoms with E-state index in [2.05, 4.69) is 31.1 Å². The molecule has 27 heavy (non-hydrogen) atoms. The van der Waals surface area contributed by atoms with Crippen molar-refractivity contribution in [2.45, 2.75) is 52.5 Å². The van der Waals surface area contributed by atoms with Gasteiger partial charge in [-0.2, -0.15) is 23.7 Å². The third-order valence-corrected chi connectivity index (χ3v) is 4.53. The minimum Gasteiger partial charge on any atom is -0.299 e. The maximum Gasteiger partial charge on any atom is 0.446 e. The van der Waals surface area contributed by atoms with Crippen LogP contribution in [-0.2, 0) is 0 Å². The van der Waals surface area contributed by atoms with Crippen LogP contribution in [0.3, 0.4) is 0 Å². The first-order valence-electron chi connectivity index (χ1n) is 8.77. The summed E-state index contributed by atoms with van der Waals surface area (Å²) in [6, 6.07) is 3.97. The van der Waals surface area contributed by atoms with Gasteiger partial charge in [-0.1, -0.05) is 40.0 Å². The molecule has 152 valence electrons. The molecular formula is C20H30F3N3S. The number of alkyl halides is 3. The van der Waals surface area contributed by atoms with Gasteiger partial charge in [-0.05, 0) is 54.8 Å². The number of allylic oxidation sites excluding steroid dienone is 1. The molecule has 0 aliphatic carbocycles. The second-order valence-electron chi connectivity index (χ2n) is 6.10. The maximum atomic E-state index is 12.4. The zero-order valence-electron chi connectivity index (χ0n) is 16.7. The van der Waals surface area contributed by atoms with E-state index in [1.807, 2.05) is 13.8 Å². The smallest absolute Gasteiger partial charge is 0.299 e. The van der Waals surface area contributed by atoms with E-state index in [9.17, 15) is 13.2 Å². The van der Waals surface area contributed by atoms with Crippen LogP contribution >= 0.6 is 11.8 Å². The van der Waals surface area contributed by atoms with Crippen LogP contribution in [0.4, 0.5) is 13.2 Å². The van der Waals surface area contributed by atoms with E-state index in [4.69, 9.17) is 10.5 Å². The first-order valence-corrected chi connectivity index (χ1v) is 9.58. The quantitative estimate of drug-likeness (QED) is 0.481. The molecule has 1 saturated heterocycles. The van der Waals surface area contributed by atoms with Gasteiger partial charge in [0.25, 0.3) is 0 Å². The summed E-state index contributed by atoms with van der Waals surface area (Å²) in [4.78, 5) is 2.22. The highest BCUT2D eigenvalue weighted by molar-refractivity contribution is 8.04. The standard InChI is InChI=1S/C16H21F3N2S.C2H3N.C2H6/c1-4-14(22-16(17,18)19)11-13(2)12-21-9-6-15(3,5-8-20)7-10-21;1-2-3;1-2/h4,11H,1-2,5-7,9-10,12H2,3H3;1H3;1-2H3/b14-11+;;. The number of nitrogens with zero attached hydrogens (tertiary/aromatic N) is 3.